The van der Waals surface area contributed by atoms with Crippen LogP contribution in [0.25, 0.3) is 0 Å². The summed E-state index contributed by atoms with van der Waals surface area (Å²) in [7, 11) is 0. The van der Waals surface area contributed by atoms with E-state index in [1.54, 1.807) is 12.4 Å². The summed E-state index contributed by atoms with van der Waals surface area (Å²) in [5, 5.41) is 11.3. The van der Waals surface area contributed by atoms with E-state index in [2.05, 4.69) is 22.1 Å². The van der Waals surface area contributed by atoms with Gasteiger partial charge in [-0.25, -0.2) is 0 Å². The maximum absolute atomic E-state index is 12.1. The summed E-state index contributed by atoms with van der Waals surface area (Å²) < 4.78 is 1.86. The van der Waals surface area contributed by atoms with Gasteiger partial charge in [-0.3, -0.25) is 4.79 Å². The van der Waals surface area contributed by atoms with Crippen molar-refractivity contribution in [1.82, 2.24) is 20.1 Å². The van der Waals surface area contributed by atoms with Crippen molar-refractivity contribution < 1.29 is 4.79 Å². The average molecular weight is 302 g/mol. The summed E-state index contributed by atoms with van der Waals surface area (Å²) >= 11 is 1.39. The van der Waals surface area contributed by atoms with Crippen LogP contribution in [0.4, 0.5) is 0 Å². The Balaban J connectivity index is 1.87. The number of hydrogen-bond donors (Lipinski definition) is 1. The van der Waals surface area contributed by atoms with Crippen LogP contribution in [0.1, 0.15) is 12.5 Å². The Morgan fingerprint density at radius 3 is 2.95 bits per heavy atom. The van der Waals surface area contributed by atoms with E-state index in [4.69, 9.17) is 0 Å². The molecule has 0 saturated heterocycles. The predicted octanol–water partition coefficient (Wildman–Crippen LogP) is 2.26. The molecule has 2 rings (SSSR count). The molecule has 0 radical (unpaired) electrons. The fourth-order valence-electron chi connectivity index (χ4n) is 1.74. The number of carbonyl (C=O) groups is 1. The lowest BCUT2D eigenvalue weighted by Gasteiger charge is -2.11. The van der Waals surface area contributed by atoms with Gasteiger partial charge >= 0.3 is 0 Å². The number of aromatic nitrogens is 3. The first-order valence-corrected chi connectivity index (χ1v) is 7.55. The Kier molecular flexibility index (Phi) is 5.57. The first-order valence-electron chi connectivity index (χ1n) is 6.67. The van der Waals surface area contributed by atoms with Crippen LogP contribution in [0.15, 0.2) is 54.5 Å². The largest absolute Gasteiger partial charge is 0.351 e. The first kappa shape index (κ1) is 15.3. The second-order valence-electron chi connectivity index (χ2n) is 4.52. The van der Waals surface area contributed by atoms with Gasteiger partial charge in [-0.1, -0.05) is 48.2 Å². The standard InChI is InChI=1S/C15H18N4OS/c1-3-9-19-11-17-18-15(19)21-12(2)14(20)16-10-13-7-5-4-6-8-13/h3-8,11-12H,1,9-10H2,2H3,(H,16,20). The molecule has 1 heterocycles. The highest BCUT2D eigenvalue weighted by molar-refractivity contribution is 8.00. The molecule has 1 aromatic heterocycles. The molecule has 2 aromatic rings. The van der Waals surface area contributed by atoms with E-state index < -0.39 is 0 Å². The fraction of sp³-hybridized carbons (Fsp3) is 0.267. The van der Waals surface area contributed by atoms with Crippen LogP contribution < -0.4 is 5.32 Å². The number of allylic oxidation sites excluding steroid dienone is 1. The lowest BCUT2D eigenvalue weighted by atomic mass is 10.2. The lowest BCUT2D eigenvalue weighted by molar-refractivity contribution is -0.120. The third kappa shape index (κ3) is 4.46. The molecule has 0 fully saturated rings. The Morgan fingerprint density at radius 2 is 2.24 bits per heavy atom. The zero-order chi connectivity index (χ0) is 15.1. The van der Waals surface area contributed by atoms with Crippen molar-refractivity contribution in [2.45, 2.75) is 30.4 Å². The molecule has 1 N–H and O–H groups in total. The Bertz CT molecular complexity index is 597. The molecule has 1 amide bonds. The Labute approximate surface area is 128 Å². The van der Waals surface area contributed by atoms with E-state index in [-0.39, 0.29) is 11.2 Å². The third-order valence-corrected chi connectivity index (χ3v) is 3.96. The molecule has 110 valence electrons. The number of hydrogen-bond acceptors (Lipinski definition) is 4. The number of nitrogens with zero attached hydrogens (tertiary/aromatic N) is 3. The van der Waals surface area contributed by atoms with Crippen LogP contribution in [0.3, 0.4) is 0 Å². The molecular formula is C15H18N4OS. The van der Waals surface area contributed by atoms with Gasteiger partial charge in [0, 0.05) is 13.1 Å². The van der Waals surface area contributed by atoms with Gasteiger partial charge in [0.1, 0.15) is 6.33 Å². The van der Waals surface area contributed by atoms with Crippen LogP contribution in [0.5, 0.6) is 0 Å². The van der Waals surface area contributed by atoms with Crippen molar-refractivity contribution in [2.24, 2.45) is 0 Å². The van der Waals surface area contributed by atoms with Gasteiger partial charge in [-0.05, 0) is 12.5 Å². The molecule has 0 spiro atoms. The fourth-order valence-corrected chi connectivity index (χ4v) is 2.60. The molecule has 0 bridgehead atoms. The topological polar surface area (TPSA) is 59.8 Å². The molecule has 0 aliphatic heterocycles. The summed E-state index contributed by atoms with van der Waals surface area (Å²) in [4.78, 5) is 12.1. The molecule has 21 heavy (non-hydrogen) atoms. The number of thioether (sulfide) groups is 1. The monoisotopic (exact) mass is 302 g/mol. The van der Waals surface area contributed by atoms with Crippen LogP contribution >= 0.6 is 11.8 Å². The number of benzene rings is 1. The zero-order valence-electron chi connectivity index (χ0n) is 11.9. The third-order valence-electron chi connectivity index (χ3n) is 2.87. The summed E-state index contributed by atoms with van der Waals surface area (Å²) in [6.07, 6.45) is 3.41. The van der Waals surface area contributed by atoms with Gasteiger partial charge in [0.05, 0.1) is 5.25 Å². The maximum atomic E-state index is 12.1. The van der Waals surface area contributed by atoms with Crippen LogP contribution in [-0.4, -0.2) is 25.9 Å². The number of rotatable bonds is 7. The molecule has 1 aromatic carbocycles. The molecular weight excluding hydrogens is 284 g/mol. The van der Waals surface area contributed by atoms with Crippen molar-refractivity contribution in [1.29, 1.82) is 0 Å². The molecule has 1 unspecified atom stereocenters. The summed E-state index contributed by atoms with van der Waals surface area (Å²) in [6, 6.07) is 9.84. The van der Waals surface area contributed by atoms with E-state index in [9.17, 15) is 4.79 Å². The summed E-state index contributed by atoms with van der Waals surface area (Å²) in [6.45, 7) is 6.71. The van der Waals surface area contributed by atoms with Crippen molar-refractivity contribution in [3.8, 4) is 0 Å². The molecule has 6 heteroatoms. The normalized spacial score (nSPS) is 11.9. The summed E-state index contributed by atoms with van der Waals surface area (Å²) in [5.74, 6) is -0.0167. The number of carbonyl (C=O) groups excluding carboxylic acids is 1. The molecule has 0 aliphatic rings. The Morgan fingerprint density at radius 1 is 1.48 bits per heavy atom. The maximum Gasteiger partial charge on any atom is 0.233 e. The molecule has 0 aliphatic carbocycles. The van der Waals surface area contributed by atoms with E-state index in [0.29, 0.717) is 13.1 Å². The smallest absolute Gasteiger partial charge is 0.233 e. The van der Waals surface area contributed by atoms with Crippen molar-refractivity contribution >= 4 is 17.7 Å². The highest BCUT2D eigenvalue weighted by Gasteiger charge is 2.17. The minimum Gasteiger partial charge on any atom is -0.351 e. The van der Waals surface area contributed by atoms with Gasteiger partial charge in [0.25, 0.3) is 0 Å². The molecule has 0 saturated carbocycles. The SMILES string of the molecule is C=CCn1cnnc1SC(C)C(=O)NCc1ccccc1. The van der Waals surface area contributed by atoms with Crippen LogP contribution in [0, 0.1) is 0 Å². The molecule has 5 nitrogen and oxygen atoms in total. The van der Waals surface area contributed by atoms with Crippen molar-refractivity contribution in [3.63, 3.8) is 0 Å². The van der Waals surface area contributed by atoms with E-state index in [0.717, 1.165) is 10.7 Å². The quantitative estimate of drug-likeness (QED) is 0.629. The Hall–Kier alpha value is -2.08. The van der Waals surface area contributed by atoms with Crippen LogP contribution in [0.2, 0.25) is 0 Å². The highest BCUT2D eigenvalue weighted by Crippen LogP contribution is 2.20. The lowest BCUT2D eigenvalue weighted by Crippen LogP contribution is -2.30. The number of amides is 1. The van der Waals surface area contributed by atoms with Gasteiger partial charge < -0.3 is 9.88 Å². The van der Waals surface area contributed by atoms with E-state index in [1.807, 2.05) is 41.8 Å². The van der Waals surface area contributed by atoms with Gasteiger partial charge in [-0.15, -0.1) is 16.8 Å². The minimum atomic E-state index is -0.235. The van der Waals surface area contributed by atoms with Gasteiger partial charge in [0.15, 0.2) is 5.16 Å². The molecule has 1 atom stereocenters. The minimum absolute atomic E-state index is 0.0167. The van der Waals surface area contributed by atoms with E-state index >= 15 is 0 Å². The predicted molar refractivity (Wildman–Crippen MR) is 83.8 cm³/mol. The zero-order valence-corrected chi connectivity index (χ0v) is 12.7. The summed E-state index contributed by atoms with van der Waals surface area (Å²) in [5.41, 5.74) is 1.08. The van der Waals surface area contributed by atoms with Gasteiger partial charge in [0.2, 0.25) is 5.91 Å². The van der Waals surface area contributed by atoms with Crippen LogP contribution in [-0.2, 0) is 17.9 Å². The van der Waals surface area contributed by atoms with Crippen molar-refractivity contribution in [3.05, 3.63) is 54.9 Å². The van der Waals surface area contributed by atoms with Gasteiger partial charge in [-0.2, -0.15) is 0 Å². The highest BCUT2D eigenvalue weighted by atomic mass is 32.2. The first-order chi connectivity index (χ1) is 10.2. The average Bonchev–Trinajstić information content (AvgIpc) is 2.93. The second kappa shape index (κ2) is 7.64. The number of nitrogens with one attached hydrogen (secondary N) is 1. The second-order valence-corrected chi connectivity index (χ2v) is 5.83. The van der Waals surface area contributed by atoms with Crippen molar-refractivity contribution in [2.75, 3.05) is 0 Å². The van der Waals surface area contributed by atoms with E-state index in [1.165, 1.54) is 11.8 Å².